The van der Waals surface area contributed by atoms with Crippen LogP contribution in [0.2, 0.25) is 0 Å². The predicted molar refractivity (Wildman–Crippen MR) is 70.9 cm³/mol. The van der Waals surface area contributed by atoms with Crippen LogP contribution in [-0.2, 0) is 0 Å². The van der Waals surface area contributed by atoms with E-state index in [2.05, 4.69) is 49.2 Å². The normalized spacial score (nSPS) is 10.3. The van der Waals surface area contributed by atoms with Gasteiger partial charge in [0.05, 0.1) is 0 Å². The van der Waals surface area contributed by atoms with Crippen LogP contribution in [0, 0.1) is 0 Å². The van der Waals surface area contributed by atoms with Crippen LogP contribution in [0.15, 0.2) is 58.3 Å². The second-order valence-corrected chi connectivity index (χ2v) is 4.61. The molecular weight excluding hydrogens is 220 g/mol. The number of thioether (sulfide) groups is 1. The highest BCUT2D eigenvalue weighted by atomic mass is 32.2. The van der Waals surface area contributed by atoms with Crippen molar-refractivity contribution >= 4 is 24.4 Å². The van der Waals surface area contributed by atoms with Crippen molar-refractivity contribution in [2.75, 3.05) is 6.26 Å². The van der Waals surface area contributed by atoms with Gasteiger partial charge in [0.25, 0.3) is 0 Å². The first kappa shape index (κ1) is 10.7. The lowest BCUT2D eigenvalue weighted by molar-refractivity contribution is 1.36. The Labute approximate surface area is 100 Å². The Morgan fingerprint density at radius 3 is 2.40 bits per heavy atom. The molecular formula is C13H12S2. The highest BCUT2D eigenvalue weighted by Gasteiger charge is 2.02. The van der Waals surface area contributed by atoms with Crippen molar-refractivity contribution in [3.63, 3.8) is 0 Å². The average molecular weight is 232 g/mol. The molecule has 0 spiro atoms. The SMILES string of the molecule is CSc1ccc(S)c(-c2ccccc2)c1. The Kier molecular flexibility index (Phi) is 3.39. The van der Waals surface area contributed by atoms with Crippen molar-refractivity contribution in [1.82, 2.24) is 0 Å². The molecule has 0 aromatic heterocycles. The molecule has 0 saturated carbocycles. The zero-order valence-corrected chi connectivity index (χ0v) is 10.2. The van der Waals surface area contributed by atoms with E-state index in [9.17, 15) is 0 Å². The van der Waals surface area contributed by atoms with Crippen molar-refractivity contribution in [2.45, 2.75) is 9.79 Å². The average Bonchev–Trinajstić information content (AvgIpc) is 2.31. The molecule has 0 radical (unpaired) electrons. The van der Waals surface area contributed by atoms with Gasteiger partial charge in [-0.2, -0.15) is 0 Å². The molecule has 0 amide bonds. The summed E-state index contributed by atoms with van der Waals surface area (Å²) in [7, 11) is 0. The van der Waals surface area contributed by atoms with Crippen LogP contribution in [0.5, 0.6) is 0 Å². The van der Waals surface area contributed by atoms with Gasteiger partial charge in [0.1, 0.15) is 0 Å². The Morgan fingerprint density at radius 2 is 1.73 bits per heavy atom. The monoisotopic (exact) mass is 232 g/mol. The van der Waals surface area contributed by atoms with E-state index in [0.29, 0.717) is 0 Å². The molecule has 0 nitrogen and oxygen atoms in total. The summed E-state index contributed by atoms with van der Waals surface area (Å²) < 4.78 is 0. The summed E-state index contributed by atoms with van der Waals surface area (Å²) in [6.07, 6.45) is 2.09. The molecule has 2 aromatic rings. The lowest BCUT2D eigenvalue weighted by Crippen LogP contribution is -1.81. The van der Waals surface area contributed by atoms with Crippen molar-refractivity contribution in [1.29, 1.82) is 0 Å². The molecule has 2 heteroatoms. The third kappa shape index (κ3) is 2.39. The predicted octanol–water partition coefficient (Wildman–Crippen LogP) is 4.36. The van der Waals surface area contributed by atoms with Gasteiger partial charge in [-0.15, -0.1) is 24.4 Å². The molecule has 0 saturated heterocycles. The van der Waals surface area contributed by atoms with Gasteiger partial charge in [0.15, 0.2) is 0 Å². The lowest BCUT2D eigenvalue weighted by atomic mass is 10.1. The van der Waals surface area contributed by atoms with Gasteiger partial charge >= 0.3 is 0 Å². The quantitative estimate of drug-likeness (QED) is 0.593. The Morgan fingerprint density at radius 1 is 1.00 bits per heavy atom. The zero-order chi connectivity index (χ0) is 10.7. The highest BCUT2D eigenvalue weighted by molar-refractivity contribution is 7.98. The van der Waals surface area contributed by atoms with Crippen molar-refractivity contribution < 1.29 is 0 Å². The number of hydrogen-bond acceptors (Lipinski definition) is 2. The van der Waals surface area contributed by atoms with E-state index >= 15 is 0 Å². The van der Waals surface area contributed by atoms with Crippen LogP contribution in [0.3, 0.4) is 0 Å². The van der Waals surface area contributed by atoms with Crippen LogP contribution in [0.4, 0.5) is 0 Å². The summed E-state index contributed by atoms with van der Waals surface area (Å²) in [5, 5.41) is 0. The Bertz CT molecular complexity index is 449. The highest BCUT2D eigenvalue weighted by Crippen LogP contribution is 2.30. The van der Waals surface area contributed by atoms with Crippen LogP contribution in [-0.4, -0.2) is 6.26 Å². The van der Waals surface area contributed by atoms with Crippen LogP contribution in [0.1, 0.15) is 0 Å². The van der Waals surface area contributed by atoms with Gasteiger partial charge in [0.2, 0.25) is 0 Å². The van der Waals surface area contributed by atoms with E-state index < -0.39 is 0 Å². The number of rotatable bonds is 2. The smallest absolute Gasteiger partial charge is 0.0119 e. The molecule has 0 aliphatic rings. The fourth-order valence-electron chi connectivity index (χ4n) is 1.49. The molecule has 0 aliphatic carbocycles. The molecule has 0 unspecified atom stereocenters. The summed E-state index contributed by atoms with van der Waals surface area (Å²) in [5.41, 5.74) is 2.42. The molecule has 2 rings (SSSR count). The minimum atomic E-state index is 1.03. The minimum absolute atomic E-state index is 1.03. The maximum atomic E-state index is 4.49. The Hall–Kier alpha value is -0.860. The van der Waals surface area contributed by atoms with E-state index in [1.807, 2.05) is 18.2 Å². The maximum Gasteiger partial charge on any atom is 0.0119 e. The fourth-order valence-corrected chi connectivity index (χ4v) is 2.20. The molecule has 0 atom stereocenters. The van der Waals surface area contributed by atoms with Crippen molar-refractivity contribution in [3.8, 4) is 11.1 Å². The molecule has 0 N–H and O–H groups in total. The van der Waals surface area contributed by atoms with Gasteiger partial charge in [-0.3, -0.25) is 0 Å². The second kappa shape index (κ2) is 4.77. The van der Waals surface area contributed by atoms with E-state index in [4.69, 9.17) is 0 Å². The standard InChI is InChI=1S/C13H12S2/c1-15-11-7-8-13(14)12(9-11)10-5-3-2-4-6-10/h2-9,14H,1H3. The molecule has 15 heavy (non-hydrogen) atoms. The van der Waals surface area contributed by atoms with Crippen molar-refractivity contribution in [3.05, 3.63) is 48.5 Å². The number of hydrogen-bond donors (Lipinski definition) is 1. The van der Waals surface area contributed by atoms with Gasteiger partial charge in [-0.1, -0.05) is 30.3 Å². The van der Waals surface area contributed by atoms with Gasteiger partial charge in [0, 0.05) is 9.79 Å². The summed E-state index contributed by atoms with van der Waals surface area (Å²) in [5.74, 6) is 0. The first-order chi connectivity index (χ1) is 7.31. The molecule has 2 aromatic carbocycles. The van der Waals surface area contributed by atoms with E-state index in [-0.39, 0.29) is 0 Å². The first-order valence-electron chi connectivity index (χ1n) is 4.73. The van der Waals surface area contributed by atoms with Gasteiger partial charge < -0.3 is 0 Å². The number of benzene rings is 2. The summed E-state index contributed by atoms with van der Waals surface area (Å²) in [4.78, 5) is 2.30. The zero-order valence-electron chi connectivity index (χ0n) is 8.47. The lowest BCUT2D eigenvalue weighted by Gasteiger charge is -2.06. The van der Waals surface area contributed by atoms with Crippen LogP contribution < -0.4 is 0 Å². The van der Waals surface area contributed by atoms with Gasteiger partial charge in [-0.05, 0) is 35.6 Å². The Balaban J connectivity index is 2.52. The van der Waals surface area contributed by atoms with E-state index in [1.165, 1.54) is 16.0 Å². The molecule has 0 aliphatic heterocycles. The third-order valence-electron chi connectivity index (χ3n) is 2.29. The summed E-state index contributed by atoms with van der Waals surface area (Å²) in [6.45, 7) is 0. The van der Waals surface area contributed by atoms with Gasteiger partial charge in [-0.25, -0.2) is 0 Å². The first-order valence-corrected chi connectivity index (χ1v) is 6.41. The third-order valence-corrected chi connectivity index (χ3v) is 3.40. The summed E-state index contributed by atoms with van der Waals surface area (Å²) >= 11 is 6.24. The fraction of sp³-hybridized carbons (Fsp3) is 0.0769. The molecule has 0 fully saturated rings. The van der Waals surface area contributed by atoms with E-state index in [0.717, 1.165) is 4.90 Å². The van der Waals surface area contributed by atoms with Crippen molar-refractivity contribution in [2.24, 2.45) is 0 Å². The topological polar surface area (TPSA) is 0 Å². The van der Waals surface area contributed by atoms with E-state index in [1.54, 1.807) is 11.8 Å². The molecule has 0 heterocycles. The van der Waals surface area contributed by atoms with Crippen LogP contribution >= 0.6 is 24.4 Å². The largest absolute Gasteiger partial charge is 0.143 e. The molecule has 76 valence electrons. The minimum Gasteiger partial charge on any atom is -0.143 e. The van der Waals surface area contributed by atoms with Crippen LogP contribution in [0.25, 0.3) is 11.1 Å². The summed E-state index contributed by atoms with van der Waals surface area (Å²) in [6, 6.07) is 16.7. The maximum absolute atomic E-state index is 4.49. The second-order valence-electron chi connectivity index (χ2n) is 3.25. The molecule has 0 bridgehead atoms. The number of thiol groups is 1.